The van der Waals surface area contributed by atoms with Crippen LogP contribution in [0.3, 0.4) is 0 Å². The zero-order valence-corrected chi connectivity index (χ0v) is 13.6. The fraction of sp³-hybridized carbons (Fsp3) is 0.667. The number of rotatable bonds is 8. The molecule has 0 bridgehead atoms. The Labute approximate surface area is 132 Å². The smallest absolute Gasteiger partial charge is 0.123 e. The van der Waals surface area contributed by atoms with Crippen molar-refractivity contribution in [2.45, 2.75) is 51.2 Å². The molecule has 0 heterocycles. The summed E-state index contributed by atoms with van der Waals surface area (Å²) in [7, 11) is 0. The van der Waals surface area contributed by atoms with Gasteiger partial charge in [-0.1, -0.05) is 32.4 Å². The van der Waals surface area contributed by atoms with Gasteiger partial charge in [-0.15, -0.1) is 0 Å². The minimum atomic E-state index is -0.479. The Morgan fingerprint density at radius 3 is 2.64 bits per heavy atom. The van der Waals surface area contributed by atoms with Crippen molar-refractivity contribution in [1.82, 2.24) is 5.32 Å². The van der Waals surface area contributed by atoms with Gasteiger partial charge >= 0.3 is 0 Å². The molecule has 3 unspecified atom stereocenters. The number of aliphatic hydroxyl groups is 1. The highest BCUT2D eigenvalue weighted by Gasteiger charge is 2.28. The van der Waals surface area contributed by atoms with Gasteiger partial charge in [0.25, 0.3) is 0 Å². The number of ether oxygens (including phenoxy) is 1. The molecule has 0 amide bonds. The third-order valence-electron chi connectivity index (χ3n) is 4.19. The van der Waals surface area contributed by atoms with Crippen molar-refractivity contribution in [2.24, 2.45) is 5.92 Å². The molecule has 4 heteroatoms. The number of aliphatic hydroxyl groups excluding tert-OH is 1. The summed E-state index contributed by atoms with van der Waals surface area (Å²) >= 11 is 0. The van der Waals surface area contributed by atoms with E-state index < -0.39 is 6.10 Å². The van der Waals surface area contributed by atoms with Crippen molar-refractivity contribution >= 4 is 0 Å². The second-order valence-electron chi connectivity index (χ2n) is 6.69. The van der Waals surface area contributed by atoms with Crippen LogP contribution in [0.15, 0.2) is 24.3 Å². The van der Waals surface area contributed by atoms with E-state index in [9.17, 15) is 9.50 Å². The summed E-state index contributed by atoms with van der Waals surface area (Å²) < 4.78 is 18.5. The summed E-state index contributed by atoms with van der Waals surface area (Å²) in [6.07, 6.45) is 2.90. The second-order valence-corrected chi connectivity index (χ2v) is 6.69. The maximum Gasteiger partial charge on any atom is 0.123 e. The molecular weight excluding hydrogens is 281 g/mol. The average Bonchev–Trinajstić information content (AvgIpc) is 2.94. The summed E-state index contributed by atoms with van der Waals surface area (Å²) in [5.41, 5.74) is 1.18. The van der Waals surface area contributed by atoms with Crippen molar-refractivity contribution in [3.63, 3.8) is 0 Å². The van der Waals surface area contributed by atoms with E-state index in [4.69, 9.17) is 4.74 Å². The summed E-state index contributed by atoms with van der Waals surface area (Å²) in [5.74, 6) is 0.700. The number of nitrogens with one attached hydrogen (secondary N) is 1. The number of hydrogen-bond donors (Lipinski definition) is 2. The van der Waals surface area contributed by atoms with Gasteiger partial charge in [-0.2, -0.15) is 0 Å². The highest BCUT2D eigenvalue weighted by molar-refractivity contribution is 5.23. The number of halogens is 1. The molecule has 3 nitrogen and oxygen atoms in total. The van der Waals surface area contributed by atoms with Crippen LogP contribution in [0.4, 0.5) is 4.39 Å². The Balaban J connectivity index is 1.77. The van der Waals surface area contributed by atoms with E-state index in [2.05, 4.69) is 19.2 Å². The van der Waals surface area contributed by atoms with Gasteiger partial charge in [0.05, 0.1) is 12.7 Å². The Morgan fingerprint density at radius 2 is 1.95 bits per heavy atom. The molecule has 0 spiro atoms. The normalized spacial score (nSPS) is 23.1. The fourth-order valence-electron chi connectivity index (χ4n) is 3.10. The maximum atomic E-state index is 13.0. The highest BCUT2D eigenvalue weighted by atomic mass is 19.1. The summed E-state index contributed by atoms with van der Waals surface area (Å²) in [5, 5.41) is 13.4. The molecule has 1 saturated carbocycles. The van der Waals surface area contributed by atoms with Gasteiger partial charge in [0.15, 0.2) is 0 Å². The highest BCUT2D eigenvalue weighted by Crippen LogP contribution is 2.34. The van der Waals surface area contributed by atoms with Gasteiger partial charge in [-0.25, -0.2) is 4.39 Å². The van der Waals surface area contributed by atoms with Gasteiger partial charge in [0.1, 0.15) is 5.82 Å². The van der Waals surface area contributed by atoms with E-state index in [0.717, 1.165) is 12.8 Å². The van der Waals surface area contributed by atoms with Gasteiger partial charge in [-0.3, -0.25) is 0 Å². The van der Waals surface area contributed by atoms with Gasteiger partial charge in [0, 0.05) is 19.2 Å². The Kier molecular flexibility index (Phi) is 6.80. The van der Waals surface area contributed by atoms with Gasteiger partial charge < -0.3 is 15.2 Å². The Hall–Kier alpha value is -0.970. The van der Waals surface area contributed by atoms with E-state index in [1.54, 1.807) is 0 Å². The monoisotopic (exact) mass is 309 g/mol. The third-order valence-corrected chi connectivity index (χ3v) is 4.19. The molecule has 124 valence electrons. The second kappa shape index (κ2) is 8.61. The SMILES string of the molecule is CC(C)COCC(O)CNC1CCCC1c1ccc(F)cc1. The number of benzene rings is 1. The average molecular weight is 309 g/mol. The molecule has 1 aliphatic rings. The van der Waals surface area contributed by atoms with E-state index in [-0.39, 0.29) is 5.82 Å². The first-order chi connectivity index (χ1) is 10.6. The van der Waals surface area contributed by atoms with Gasteiger partial charge in [0.2, 0.25) is 0 Å². The molecule has 1 aromatic rings. The predicted octanol–water partition coefficient (Wildman–Crippen LogP) is 3.08. The molecule has 2 rings (SSSR count). The quantitative estimate of drug-likeness (QED) is 0.775. The molecule has 22 heavy (non-hydrogen) atoms. The van der Waals surface area contributed by atoms with Crippen LogP contribution in [-0.4, -0.2) is 37.0 Å². The van der Waals surface area contributed by atoms with Crippen LogP contribution in [0.5, 0.6) is 0 Å². The minimum absolute atomic E-state index is 0.191. The fourth-order valence-corrected chi connectivity index (χ4v) is 3.10. The van der Waals surface area contributed by atoms with Crippen LogP contribution < -0.4 is 5.32 Å². The lowest BCUT2D eigenvalue weighted by Gasteiger charge is -2.23. The molecule has 0 radical (unpaired) electrons. The Bertz CT molecular complexity index is 435. The maximum absolute atomic E-state index is 13.0. The van der Waals surface area contributed by atoms with Crippen LogP contribution in [0.2, 0.25) is 0 Å². The van der Waals surface area contributed by atoms with E-state index in [0.29, 0.717) is 37.6 Å². The molecule has 3 atom stereocenters. The summed E-state index contributed by atoms with van der Waals surface area (Å²) in [6, 6.07) is 7.16. The van der Waals surface area contributed by atoms with Crippen molar-refractivity contribution in [3.8, 4) is 0 Å². The van der Waals surface area contributed by atoms with E-state index >= 15 is 0 Å². The first-order valence-electron chi connectivity index (χ1n) is 8.31. The van der Waals surface area contributed by atoms with Crippen LogP contribution >= 0.6 is 0 Å². The van der Waals surface area contributed by atoms with Crippen molar-refractivity contribution in [1.29, 1.82) is 0 Å². The molecule has 1 aromatic carbocycles. The standard InChI is InChI=1S/C18H28FNO2/c1-13(2)11-22-12-16(21)10-20-18-5-3-4-17(18)14-6-8-15(19)9-7-14/h6-9,13,16-18,20-21H,3-5,10-12H2,1-2H3. The van der Waals surface area contributed by atoms with Crippen LogP contribution in [0.25, 0.3) is 0 Å². The first-order valence-corrected chi connectivity index (χ1v) is 8.31. The zero-order chi connectivity index (χ0) is 15.9. The van der Waals surface area contributed by atoms with Crippen molar-refractivity contribution in [3.05, 3.63) is 35.6 Å². The van der Waals surface area contributed by atoms with Crippen LogP contribution in [-0.2, 0) is 4.74 Å². The Morgan fingerprint density at radius 1 is 1.23 bits per heavy atom. The lowest BCUT2D eigenvalue weighted by Crippen LogP contribution is -2.38. The zero-order valence-electron chi connectivity index (χ0n) is 13.6. The van der Waals surface area contributed by atoms with E-state index in [1.807, 2.05) is 12.1 Å². The van der Waals surface area contributed by atoms with Crippen molar-refractivity contribution < 1.29 is 14.2 Å². The number of hydrogen-bond acceptors (Lipinski definition) is 3. The molecular formula is C18H28FNO2. The van der Waals surface area contributed by atoms with Crippen LogP contribution in [0.1, 0.15) is 44.6 Å². The molecule has 1 fully saturated rings. The van der Waals surface area contributed by atoms with E-state index in [1.165, 1.54) is 24.1 Å². The topological polar surface area (TPSA) is 41.5 Å². The molecule has 0 aromatic heterocycles. The first kappa shape index (κ1) is 17.4. The summed E-state index contributed by atoms with van der Waals surface area (Å²) in [6.45, 7) is 5.78. The molecule has 2 N–H and O–H groups in total. The molecule has 1 aliphatic carbocycles. The van der Waals surface area contributed by atoms with Crippen LogP contribution in [0, 0.1) is 11.7 Å². The lowest BCUT2D eigenvalue weighted by molar-refractivity contribution is 0.0248. The third kappa shape index (κ3) is 5.34. The minimum Gasteiger partial charge on any atom is -0.389 e. The largest absolute Gasteiger partial charge is 0.389 e. The lowest BCUT2D eigenvalue weighted by atomic mass is 9.94. The van der Waals surface area contributed by atoms with Crippen molar-refractivity contribution in [2.75, 3.05) is 19.8 Å². The predicted molar refractivity (Wildman–Crippen MR) is 86.4 cm³/mol. The van der Waals surface area contributed by atoms with Gasteiger partial charge in [-0.05, 0) is 42.4 Å². The molecule has 0 saturated heterocycles. The summed E-state index contributed by atoms with van der Waals surface area (Å²) in [4.78, 5) is 0. The molecule has 0 aliphatic heterocycles.